The Labute approximate surface area is 110 Å². The molecule has 1 aliphatic heterocycles. The molecule has 2 heterocycles. The van der Waals surface area contributed by atoms with Gasteiger partial charge in [0.2, 0.25) is 0 Å². The Kier molecular flexibility index (Phi) is 4.46. The van der Waals surface area contributed by atoms with Gasteiger partial charge in [-0.05, 0) is 37.4 Å². The van der Waals surface area contributed by atoms with Crippen LogP contribution in [0.5, 0.6) is 0 Å². The second kappa shape index (κ2) is 5.89. The first kappa shape index (κ1) is 13.6. The highest BCUT2D eigenvalue weighted by Crippen LogP contribution is 2.38. The second-order valence-corrected chi connectivity index (χ2v) is 5.61. The van der Waals surface area contributed by atoms with Crippen LogP contribution in [0.25, 0.3) is 0 Å². The average Bonchev–Trinajstić information content (AvgIpc) is 2.88. The molecule has 0 spiro atoms. The third-order valence-electron chi connectivity index (χ3n) is 4.74. The van der Waals surface area contributed by atoms with E-state index in [1.54, 1.807) is 6.26 Å². The lowest BCUT2D eigenvalue weighted by Gasteiger charge is -2.40. The van der Waals surface area contributed by atoms with Crippen molar-refractivity contribution in [2.75, 3.05) is 13.1 Å². The molecule has 0 amide bonds. The molecule has 0 radical (unpaired) electrons. The lowest BCUT2D eigenvalue weighted by molar-refractivity contribution is 0.0863. The van der Waals surface area contributed by atoms with E-state index in [-0.39, 0.29) is 0 Å². The third-order valence-corrected chi connectivity index (χ3v) is 4.74. The number of piperidine rings is 1. The van der Waals surface area contributed by atoms with Crippen LogP contribution in [0.3, 0.4) is 0 Å². The van der Waals surface area contributed by atoms with Crippen molar-refractivity contribution in [3.63, 3.8) is 0 Å². The van der Waals surface area contributed by atoms with Crippen LogP contribution in [-0.4, -0.2) is 18.0 Å². The van der Waals surface area contributed by atoms with Gasteiger partial charge in [-0.25, -0.2) is 0 Å². The largest absolute Gasteiger partial charge is 0.468 e. The van der Waals surface area contributed by atoms with Gasteiger partial charge in [-0.1, -0.05) is 26.7 Å². The molecular formula is C15H26N2O. The maximum Gasteiger partial charge on any atom is 0.118 e. The number of hydrogen-bond acceptors (Lipinski definition) is 3. The van der Waals surface area contributed by atoms with Crippen LogP contribution < -0.4 is 5.73 Å². The van der Waals surface area contributed by atoms with E-state index in [0.717, 1.165) is 17.9 Å². The first-order valence-corrected chi connectivity index (χ1v) is 7.20. The number of furan rings is 1. The van der Waals surface area contributed by atoms with Crippen molar-refractivity contribution in [3.05, 3.63) is 23.7 Å². The Morgan fingerprint density at radius 2 is 1.94 bits per heavy atom. The Bertz CT molecular complexity index is 358. The quantitative estimate of drug-likeness (QED) is 0.873. The van der Waals surface area contributed by atoms with Crippen LogP contribution in [0.1, 0.15) is 50.9 Å². The van der Waals surface area contributed by atoms with E-state index in [9.17, 15) is 0 Å². The minimum Gasteiger partial charge on any atom is -0.468 e. The van der Waals surface area contributed by atoms with Crippen molar-refractivity contribution >= 4 is 0 Å². The standard InChI is InChI=1S/C15H26N2O/c1-3-15(4-2)5-7-17(8-6-15)11-14-9-13(10-16)12-18-14/h9,12H,3-8,10-11,16H2,1-2H3. The summed E-state index contributed by atoms with van der Waals surface area (Å²) in [4.78, 5) is 2.50. The summed E-state index contributed by atoms with van der Waals surface area (Å²) in [5.74, 6) is 1.05. The Morgan fingerprint density at radius 1 is 1.28 bits per heavy atom. The number of rotatable bonds is 5. The van der Waals surface area contributed by atoms with E-state index in [1.165, 1.54) is 38.8 Å². The van der Waals surface area contributed by atoms with Gasteiger partial charge < -0.3 is 10.2 Å². The molecule has 0 aromatic carbocycles. The highest BCUT2D eigenvalue weighted by atomic mass is 16.3. The smallest absolute Gasteiger partial charge is 0.118 e. The monoisotopic (exact) mass is 250 g/mol. The minimum absolute atomic E-state index is 0.568. The summed E-state index contributed by atoms with van der Waals surface area (Å²) < 4.78 is 5.54. The minimum atomic E-state index is 0.568. The van der Waals surface area contributed by atoms with Gasteiger partial charge in [-0.3, -0.25) is 4.90 Å². The van der Waals surface area contributed by atoms with Crippen molar-refractivity contribution in [1.82, 2.24) is 4.90 Å². The maximum atomic E-state index is 5.59. The van der Waals surface area contributed by atoms with Crippen molar-refractivity contribution in [1.29, 1.82) is 0 Å². The SMILES string of the molecule is CCC1(CC)CCN(Cc2cc(CN)co2)CC1. The Balaban J connectivity index is 1.86. The van der Waals surface area contributed by atoms with Crippen LogP contribution in [0.4, 0.5) is 0 Å². The number of likely N-dealkylation sites (tertiary alicyclic amines) is 1. The molecule has 102 valence electrons. The summed E-state index contributed by atoms with van der Waals surface area (Å²) >= 11 is 0. The normalized spacial score (nSPS) is 20.2. The molecule has 0 unspecified atom stereocenters. The summed E-state index contributed by atoms with van der Waals surface area (Å²) in [7, 11) is 0. The van der Waals surface area contributed by atoms with Crippen molar-refractivity contribution in [2.24, 2.45) is 11.1 Å². The van der Waals surface area contributed by atoms with E-state index >= 15 is 0 Å². The first-order chi connectivity index (χ1) is 8.71. The zero-order valence-electron chi connectivity index (χ0n) is 11.7. The summed E-state index contributed by atoms with van der Waals surface area (Å²) in [6.45, 7) is 8.56. The summed E-state index contributed by atoms with van der Waals surface area (Å²) in [6, 6.07) is 2.08. The topological polar surface area (TPSA) is 42.4 Å². The molecule has 1 aromatic rings. The van der Waals surface area contributed by atoms with Gasteiger partial charge in [-0.2, -0.15) is 0 Å². The summed E-state index contributed by atoms with van der Waals surface area (Å²) in [5, 5.41) is 0. The first-order valence-electron chi connectivity index (χ1n) is 7.20. The number of hydrogen-bond donors (Lipinski definition) is 1. The van der Waals surface area contributed by atoms with Crippen LogP contribution in [0.15, 0.2) is 16.7 Å². The van der Waals surface area contributed by atoms with Crippen LogP contribution in [0.2, 0.25) is 0 Å². The second-order valence-electron chi connectivity index (χ2n) is 5.61. The fourth-order valence-electron chi connectivity index (χ4n) is 2.98. The van der Waals surface area contributed by atoms with Gasteiger partial charge >= 0.3 is 0 Å². The molecule has 1 aromatic heterocycles. The zero-order valence-corrected chi connectivity index (χ0v) is 11.7. The van der Waals surface area contributed by atoms with Gasteiger partial charge in [0, 0.05) is 12.1 Å². The molecule has 18 heavy (non-hydrogen) atoms. The molecule has 1 aliphatic rings. The fraction of sp³-hybridized carbons (Fsp3) is 0.733. The molecule has 2 N–H and O–H groups in total. The predicted octanol–water partition coefficient (Wildman–Crippen LogP) is 3.14. The van der Waals surface area contributed by atoms with Gasteiger partial charge in [0.1, 0.15) is 5.76 Å². The molecular weight excluding hydrogens is 224 g/mol. The molecule has 3 heteroatoms. The molecule has 1 saturated heterocycles. The van der Waals surface area contributed by atoms with E-state index < -0.39 is 0 Å². The molecule has 0 aliphatic carbocycles. The fourth-order valence-corrected chi connectivity index (χ4v) is 2.98. The molecule has 0 atom stereocenters. The van der Waals surface area contributed by atoms with Gasteiger partial charge in [-0.15, -0.1) is 0 Å². The average molecular weight is 250 g/mol. The molecule has 0 bridgehead atoms. The van der Waals surface area contributed by atoms with Gasteiger partial charge in [0.15, 0.2) is 0 Å². The lowest BCUT2D eigenvalue weighted by Crippen LogP contribution is -2.39. The highest BCUT2D eigenvalue weighted by molar-refractivity contribution is 5.12. The molecule has 3 nitrogen and oxygen atoms in total. The van der Waals surface area contributed by atoms with Crippen LogP contribution >= 0.6 is 0 Å². The van der Waals surface area contributed by atoms with E-state index in [0.29, 0.717) is 12.0 Å². The predicted molar refractivity (Wildman–Crippen MR) is 74.1 cm³/mol. The lowest BCUT2D eigenvalue weighted by atomic mass is 9.74. The van der Waals surface area contributed by atoms with Gasteiger partial charge in [0.05, 0.1) is 12.8 Å². The molecule has 1 fully saturated rings. The van der Waals surface area contributed by atoms with Crippen LogP contribution in [-0.2, 0) is 13.1 Å². The van der Waals surface area contributed by atoms with Crippen LogP contribution in [0, 0.1) is 5.41 Å². The van der Waals surface area contributed by atoms with E-state index in [1.807, 2.05) is 0 Å². The molecule has 2 rings (SSSR count). The van der Waals surface area contributed by atoms with E-state index in [2.05, 4.69) is 24.8 Å². The van der Waals surface area contributed by atoms with Gasteiger partial charge in [0.25, 0.3) is 0 Å². The van der Waals surface area contributed by atoms with Crippen molar-refractivity contribution < 1.29 is 4.42 Å². The Hall–Kier alpha value is -0.800. The van der Waals surface area contributed by atoms with Crippen molar-refractivity contribution in [2.45, 2.75) is 52.6 Å². The summed E-state index contributed by atoms with van der Waals surface area (Å²) in [5.41, 5.74) is 7.29. The van der Waals surface area contributed by atoms with E-state index in [4.69, 9.17) is 10.2 Å². The highest BCUT2D eigenvalue weighted by Gasteiger charge is 2.31. The number of nitrogens with zero attached hydrogens (tertiary/aromatic N) is 1. The Morgan fingerprint density at radius 3 is 2.44 bits per heavy atom. The molecule has 0 saturated carbocycles. The number of nitrogens with two attached hydrogens (primary N) is 1. The maximum absolute atomic E-state index is 5.59. The zero-order chi connectivity index (χ0) is 13.0. The summed E-state index contributed by atoms with van der Waals surface area (Å²) in [6.07, 6.45) is 7.06. The third kappa shape index (κ3) is 2.96. The van der Waals surface area contributed by atoms with Crippen molar-refractivity contribution in [3.8, 4) is 0 Å².